The van der Waals surface area contributed by atoms with Gasteiger partial charge in [-0.05, 0) is 32.3 Å². The van der Waals surface area contributed by atoms with E-state index in [-0.39, 0.29) is 24.2 Å². The maximum absolute atomic E-state index is 12.7. The van der Waals surface area contributed by atoms with Gasteiger partial charge in [0.25, 0.3) is 12.3 Å². The van der Waals surface area contributed by atoms with Crippen LogP contribution in [0, 0.1) is 6.92 Å². The summed E-state index contributed by atoms with van der Waals surface area (Å²) in [5.74, 6) is 0.00778. The number of nitrogens with one attached hydrogen (secondary N) is 1. The Morgan fingerprint density at radius 1 is 1.46 bits per heavy atom. The Bertz CT molecular complexity index is 822. The lowest BCUT2D eigenvalue weighted by atomic mass is 10.1. The summed E-state index contributed by atoms with van der Waals surface area (Å²) in [6.45, 7) is 2.66. The number of carbonyl (C=O) groups is 1. The van der Waals surface area contributed by atoms with E-state index in [0.717, 1.165) is 25.3 Å². The first kappa shape index (κ1) is 20.1. The Balaban J connectivity index is 1.66. The zero-order valence-electron chi connectivity index (χ0n) is 15.8. The summed E-state index contributed by atoms with van der Waals surface area (Å²) in [7, 11) is 1.69. The first-order valence-electron chi connectivity index (χ1n) is 9.12. The molecule has 0 spiro atoms. The number of carbonyl (C=O) groups excluding carboxylic acids is 1. The van der Waals surface area contributed by atoms with Crippen molar-refractivity contribution in [2.45, 2.75) is 45.3 Å². The van der Waals surface area contributed by atoms with E-state index in [4.69, 9.17) is 9.47 Å². The predicted octanol–water partition coefficient (Wildman–Crippen LogP) is 2.33. The average molecular weight is 395 g/mol. The minimum atomic E-state index is -2.69. The maximum atomic E-state index is 12.7. The van der Waals surface area contributed by atoms with Gasteiger partial charge in [0.1, 0.15) is 23.7 Å². The fourth-order valence-corrected chi connectivity index (χ4v) is 3.04. The molecule has 0 bridgehead atoms. The molecule has 8 nitrogen and oxygen atoms in total. The molecule has 28 heavy (non-hydrogen) atoms. The molecule has 1 atom stereocenters. The van der Waals surface area contributed by atoms with Crippen molar-refractivity contribution in [3.63, 3.8) is 0 Å². The van der Waals surface area contributed by atoms with Gasteiger partial charge in [-0.1, -0.05) is 0 Å². The van der Waals surface area contributed by atoms with E-state index in [2.05, 4.69) is 20.4 Å². The van der Waals surface area contributed by atoms with Crippen LogP contribution in [0.25, 0.3) is 0 Å². The molecule has 1 unspecified atom stereocenters. The highest BCUT2D eigenvalue weighted by molar-refractivity contribution is 5.97. The third-order valence-electron chi connectivity index (χ3n) is 4.43. The van der Waals surface area contributed by atoms with Gasteiger partial charge in [-0.2, -0.15) is 5.10 Å². The summed E-state index contributed by atoms with van der Waals surface area (Å²) in [5, 5.41) is 6.89. The highest BCUT2D eigenvalue weighted by Crippen LogP contribution is 2.23. The van der Waals surface area contributed by atoms with Crippen LogP contribution in [0.3, 0.4) is 0 Å². The standard InChI is InChI=1S/C18H23F2N5O3/c1-11-15(17(26)22-9-14-21-7-6-13(23-14)16(19)20)18(25(2)24-11)28-10-12-5-3-4-8-27-12/h6-7,12,16H,3-5,8-10H2,1-2H3,(H,22,26). The van der Waals surface area contributed by atoms with E-state index in [9.17, 15) is 13.6 Å². The molecule has 2 aromatic rings. The normalized spacial score (nSPS) is 17.0. The van der Waals surface area contributed by atoms with Crippen molar-refractivity contribution in [2.24, 2.45) is 7.05 Å². The number of ether oxygens (including phenoxy) is 2. The lowest BCUT2D eigenvalue weighted by Gasteiger charge is -2.22. The van der Waals surface area contributed by atoms with Crippen LogP contribution in [0.2, 0.25) is 0 Å². The number of hydrogen-bond acceptors (Lipinski definition) is 6. The molecular weight excluding hydrogens is 372 g/mol. The zero-order valence-corrected chi connectivity index (χ0v) is 15.8. The number of alkyl halides is 2. The summed E-state index contributed by atoms with van der Waals surface area (Å²) in [5.41, 5.74) is 0.415. The second-order valence-electron chi connectivity index (χ2n) is 6.57. The smallest absolute Gasteiger partial charge is 0.280 e. The molecule has 1 aliphatic heterocycles. The molecule has 0 saturated carbocycles. The van der Waals surface area contributed by atoms with Crippen LogP contribution in [0.1, 0.15) is 53.3 Å². The molecule has 1 saturated heterocycles. The van der Waals surface area contributed by atoms with E-state index < -0.39 is 12.3 Å². The monoisotopic (exact) mass is 395 g/mol. The van der Waals surface area contributed by atoms with Crippen LogP contribution in [0.4, 0.5) is 8.78 Å². The van der Waals surface area contributed by atoms with E-state index in [0.29, 0.717) is 30.4 Å². The number of aryl methyl sites for hydroxylation is 2. The van der Waals surface area contributed by atoms with Gasteiger partial charge in [-0.25, -0.2) is 23.4 Å². The summed E-state index contributed by atoms with van der Waals surface area (Å²) in [6.07, 6.45) is 1.58. The van der Waals surface area contributed by atoms with Crippen molar-refractivity contribution in [1.29, 1.82) is 0 Å². The molecule has 1 amide bonds. The number of amides is 1. The van der Waals surface area contributed by atoms with Gasteiger partial charge in [0.05, 0.1) is 18.3 Å². The maximum Gasteiger partial charge on any atom is 0.280 e. The minimum Gasteiger partial charge on any atom is -0.475 e. The Kier molecular flexibility index (Phi) is 6.50. The lowest BCUT2D eigenvalue weighted by molar-refractivity contribution is -0.0128. The topological polar surface area (TPSA) is 91.2 Å². The average Bonchev–Trinajstić information content (AvgIpc) is 2.98. The molecule has 3 heterocycles. The third-order valence-corrected chi connectivity index (χ3v) is 4.43. The minimum absolute atomic E-state index is 0.00893. The Morgan fingerprint density at radius 2 is 2.29 bits per heavy atom. The summed E-state index contributed by atoms with van der Waals surface area (Å²) >= 11 is 0. The van der Waals surface area contributed by atoms with Crippen LogP contribution in [0.5, 0.6) is 5.88 Å². The van der Waals surface area contributed by atoms with E-state index in [1.165, 1.54) is 10.9 Å². The van der Waals surface area contributed by atoms with E-state index in [1.54, 1.807) is 14.0 Å². The van der Waals surface area contributed by atoms with Crippen LogP contribution in [-0.2, 0) is 18.3 Å². The number of hydrogen-bond donors (Lipinski definition) is 1. The quantitative estimate of drug-likeness (QED) is 0.774. The largest absolute Gasteiger partial charge is 0.475 e. The number of nitrogens with zero attached hydrogens (tertiary/aromatic N) is 4. The third kappa shape index (κ3) is 4.80. The number of halogens is 2. The molecular formula is C18H23F2N5O3. The van der Waals surface area contributed by atoms with Gasteiger partial charge in [-0.15, -0.1) is 0 Å². The van der Waals surface area contributed by atoms with E-state index in [1.807, 2.05) is 0 Å². The van der Waals surface area contributed by atoms with Crippen LogP contribution in [-0.4, -0.2) is 45.0 Å². The zero-order chi connectivity index (χ0) is 20.1. The van der Waals surface area contributed by atoms with Crippen molar-refractivity contribution in [3.05, 3.63) is 35.0 Å². The molecule has 152 valence electrons. The molecule has 10 heteroatoms. The highest BCUT2D eigenvalue weighted by atomic mass is 19.3. The molecule has 0 aliphatic carbocycles. The molecule has 3 rings (SSSR count). The first-order chi connectivity index (χ1) is 13.5. The number of aromatic nitrogens is 4. The summed E-state index contributed by atoms with van der Waals surface area (Å²) in [4.78, 5) is 20.3. The summed E-state index contributed by atoms with van der Waals surface area (Å²) < 4.78 is 38.5. The van der Waals surface area contributed by atoms with Crippen molar-refractivity contribution in [2.75, 3.05) is 13.2 Å². The Hall–Kier alpha value is -2.62. The second kappa shape index (κ2) is 9.05. The Morgan fingerprint density at radius 3 is 3.00 bits per heavy atom. The van der Waals surface area contributed by atoms with Crippen molar-refractivity contribution >= 4 is 5.91 Å². The molecule has 2 aromatic heterocycles. The Labute approximate surface area is 161 Å². The van der Waals surface area contributed by atoms with Gasteiger partial charge in [-0.3, -0.25) is 4.79 Å². The van der Waals surface area contributed by atoms with Crippen molar-refractivity contribution in [1.82, 2.24) is 25.1 Å². The fraction of sp³-hybridized carbons (Fsp3) is 0.556. The van der Waals surface area contributed by atoms with Crippen molar-refractivity contribution in [3.8, 4) is 5.88 Å². The molecule has 1 fully saturated rings. The van der Waals surface area contributed by atoms with Crippen molar-refractivity contribution < 1.29 is 23.0 Å². The molecule has 1 aliphatic rings. The summed E-state index contributed by atoms with van der Waals surface area (Å²) in [6, 6.07) is 1.14. The first-order valence-corrected chi connectivity index (χ1v) is 9.12. The molecule has 0 aromatic carbocycles. The predicted molar refractivity (Wildman–Crippen MR) is 95.2 cm³/mol. The fourth-order valence-electron chi connectivity index (χ4n) is 3.04. The SMILES string of the molecule is Cc1nn(C)c(OCC2CCCCO2)c1C(=O)NCc1nccc(C(F)F)n1. The highest BCUT2D eigenvalue weighted by Gasteiger charge is 2.24. The van der Waals surface area contributed by atoms with Gasteiger partial charge >= 0.3 is 0 Å². The second-order valence-corrected chi connectivity index (χ2v) is 6.57. The van der Waals surface area contributed by atoms with E-state index >= 15 is 0 Å². The molecule has 1 N–H and O–H groups in total. The lowest BCUT2D eigenvalue weighted by Crippen LogP contribution is -2.28. The van der Waals surface area contributed by atoms with Crippen LogP contribution in [0.15, 0.2) is 12.3 Å². The van der Waals surface area contributed by atoms with Gasteiger partial charge in [0.2, 0.25) is 5.88 Å². The number of rotatable bonds is 7. The molecule has 0 radical (unpaired) electrons. The van der Waals surface area contributed by atoms with Crippen LogP contribution < -0.4 is 10.1 Å². The van der Waals surface area contributed by atoms with Gasteiger partial charge in [0.15, 0.2) is 0 Å². The van der Waals surface area contributed by atoms with Gasteiger partial charge in [0, 0.05) is 19.9 Å². The van der Waals surface area contributed by atoms with Crippen LogP contribution >= 0.6 is 0 Å². The van der Waals surface area contributed by atoms with Gasteiger partial charge < -0.3 is 14.8 Å².